The van der Waals surface area contributed by atoms with Crippen LogP contribution in [0.15, 0.2) is 15.8 Å². The number of nitrogens with one attached hydrogen (secondary N) is 1. The first-order valence-electron chi connectivity index (χ1n) is 10.1. The van der Waals surface area contributed by atoms with Gasteiger partial charge >= 0.3 is 11.6 Å². The van der Waals surface area contributed by atoms with Gasteiger partial charge in [0.2, 0.25) is 5.72 Å². The van der Waals surface area contributed by atoms with Gasteiger partial charge in [-0.3, -0.25) is 9.78 Å². The molecule has 0 aliphatic carbocycles. The van der Waals surface area contributed by atoms with Crippen LogP contribution < -0.4 is 11.2 Å². The number of H-pyrrole nitrogens is 1. The number of unbranched alkanes of at least 4 members (excludes halogenated alkanes) is 5. The normalized spacial score (nSPS) is 29.6. The van der Waals surface area contributed by atoms with Gasteiger partial charge in [0.15, 0.2) is 6.30 Å². The second-order valence-corrected chi connectivity index (χ2v) is 7.97. The summed E-state index contributed by atoms with van der Waals surface area (Å²) >= 11 is 5.67. The second-order valence-electron chi connectivity index (χ2n) is 7.56. The average Bonchev–Trinajstić information content (AvgIpc) is 2.94. The van der Waals surface area contributed by atoms with Gasteiger partial charge < -0.3 is 30.4 Å². The van der Waals surface area contributed by atoms with Crippen molar-refractivity contribution in [2.75, 3.05) is 6.61 Å². The van der Waals surface area contributed by atoms with Gasteiger partial charge in [0.25, 0.3) is 5.56 Å². The molecule has 2 rings (SSSR count). The van der Waals surface area contributed by atoms with Crippen molar-refractivity contribution >= 4 is 11.6 Å². The number of alkyl halides is 1. The Balaban J connectivity index is 2.33. The number of hydrogen-bond acceptors (Lipinski definition) is 9. The van der Waals surface area contributed by atoms with Gasteiger partial charge in [-0.05, 0) is 12.8 Å². The lowest BCUT2D eigenvalue weighted by molar-refractivity contribution is -0.428. The molecular formula is C18H29ClFN3O8. The molecule has 0 bridgehead atoms. The smallest absolute Gasteiger partial charge is 0.332 e. The number of aliphatic hydroxyl groups excluding tert-OH is 2. The van der Waals surface area contributed by atoms with Crippen LogP contribution in [0.4, 0.5) is 4.39 Å². The fourth-order valence-electron chi connectivity index (χ4n) is 3.57. The van der Waals surface area contributed by atoms with Crippen LogP contribution in [0.25, 0.3) is 0 Å². The Bertz CT molecular complexity index is 854. The molecule has 0 aromatic carbocycles. The summed E-state index contributed by atoms with van der Waals surface area (Å²) in [5.74, 6) is -3.31. The molecule has 11 nitrogen and oxygen atoms in total. The van der Waals surface area contributed by atoms with Crippen molar-refractivity contribution in [1.82, 2.24) is 14.6 Å². The fraction of sp³-hybridized carbons (Fsp3) is 0.778. The minimum absolute atomic E-state index is 0.191. The summed E-state index contributed by atoms with van der Waals surface area (Å²) in [5.41, 5.74) is -5.69. The highest BCUT2D eigenvalue weighted by Crippen LogP contribution is 2.44. The van der Waals surface area contributed by atoms with Gasteiger partial charge in [-0.15, -0.1) is 5.06 Å². The Kier molecular flexibility index (Phi) is 8.76. The lowest BCUT2D eigenvalue weighted by Crippen LogP contribution is -2.69. The van der Waals surface area contributed by atoms with E-state index >= 15 is 0 Å². The van der Waals surface area contributed by atoms with E-state index in [1.807, 2.05) is 0 Å². The number of ether oxygens (including phenoxy) is 1. The van der Waals surface area contributed by atoms with E-state index in [-0.39, 0.29) is 16.1 Å². The van der Waals surface area contributed by atoms with Crippen molar-refractivity contribution < 1.29 is 34.8 Å². The first-order valence-corrected chi connectivity index (χ1v) is 10.5. The summed E-state index contributed by atoms with van der Waals surface area (Å²) in [6.07, 6.45) is -1.02. The molecule has 1 aliphatic heterocycles. The number of hydrogen-bond donors (Lipinski definition) is 6. The molecule has 31 heavy (non-hydrogen) atoms. The van der Waals surface area contributed by atoms with E-state index in [4.69, 9.17) is 16.3 Å². The highest BCUT2D eigenvalue weighted by Gasteiger charge is 2.71. The van der Waals surface area contributed by atoms with E-state index in [1.165, 1.54) is 0 Å². The molecule has 1 unspecified atom stereocenters. The van der Waals surface area contributed by atoms with Crippen molar-refractivity contribution in [1.29, 1.82) is 0 Å². The van der Waals surface area contributed by atoms with Crippen LogP contribution in [0.3, 0.4) is 0 Å². The number of aromatic nitrogens is 2. The number of rotatable bonds is 11. The maximum Gasteiger partial charge on any atom is 0.332 e. The minimum atomic E-state index is -3.34. The molecule has 13 heteroatoms. The zero-order chi connectivity index (χ0) is 23.4. The van der Waals surface area contributed by atoms with Gasteiger partial charge in [-0.1, -0.05) is 50.6 Å². The lowest BCUT2D eigenvalue weighted by atomic mass is 10.00. The largest absolute Gasteiger partial charge is 0.394 e. The molecule has 2 heterocycles. The third-order valence-electron chi connectivity index (χ3n) is 5.38. The first kappa shape index (κ1) is 25.9. The molecule has 0 radical (unpaired) electrons. The van der Waals surface area contributed by atoms with Crippen LogP contribution in [0.2, 0.25) is 5.02 Å². The monoisotopic (exact) mass is 469 g/mol. The maximum absolute atomic E-state index is 14.8. The Labute approximate surface area is 182 Å². The molecule has 1 saturated heterocycles. The number of halogens is 2. The molecule has 1 fully saturated rings. The zero-order valence-electron chi connectivity index (χ0n) is 17.1. The minimum Gasteiger partial charge on any atom is -0.394 e. The molecule has 1 aromatic rings. The summed E-state index contributed by atoms with van der Waals surface area (Å²) in [7, 11) is 0. The molecule has 0 amide bonds. The van der Waals surface area contributed by atoms with E-state index in [0.29, 0.717) is 19.0 Å². The molecule has 178 valence electrons. The fourth-order valence-corrected chi connectivity index (χ4v) is 3.72. The van der Waals surface area contributed by atoms with Crippen LogP contribution in [0.5, 0.6) is 0 Å². The third-order valence-corrected chi connectivity index (χ3v) is 5.64. The van der Waals surface area contributed by atoms with Crippen molar-refractivity contribution in [3.05, 3.63) is 32.1 Å². The zero-order valence-corrected chi connectivity index (χ0v) is 17.8. The quantitative estimate of drug-likeness (QED) is 0.113. The maximum atomic E-state index is 14.8. The summed E-state index contributed by atoms with van der Waals surface area (Å²) in [5, 5.41) is 51.3. The van der Waals surface area contributed by atoms with Gasteiger partial charge in [0.05, 0.1) is 6.61 Å². The van der Waals surface area contributed by atoms with Crippen molar-refractivity contribution in [3.8, 4) is 0 Å². The van der Waals surface area contributed by atoms with E-state index in [2.05, 4.69) is 6.92 Å². The summed E-state index contributed by atoms with van der Waals surface area (Å²) in [4.78, 5) is 25.5. The van der Waals surface area contributed by atoms with Gasteiger partial charge in [-0.2, -0.15) is 0 Å². The van der Waals surface area contributed by atoms with E-state index in [0.717, 1.165) is 25.7 Å². The van der Waals surface area contributed by atoms with Crippen molar-refractivity contribution in [2.45, 2.75) is 82.0 Å². The van der Waals surface area contributed by atoms with Crippen molar-refractivity contribution in [2.24, 2.45) is 0 Å². The Morgan fingerprint density at radius 1 is 1.29 bits per heavy atom. The molecule has 5 atom stereocenters. The predicted octanol–water partition coefficient (Wildman–Crippen LogP) is -0.0294. The second kappa shape index (κ2) is 10.5. The van der Waals surface area contributed by atoms with Gasteiger partial charge in [0, 0.05) is 6.20 Å². The molecule has 1 aromatic heterocycles. The van der Waals surface area contributed by atoms with Crippen LogP contribution in [0, 0.1) is 0 Å². The molecule has 0 spiro atoms. The van der Waals surface area contributed by atoms with Crippen LogP contribution >= 0.6 is 11.6 Å². The third kappa shape index (κ3) is 4.86. The topological polar surface area (TPSA) is 168 Å². The molecule has 1 aliphatic rings. The number of hydroxylamine groups is 2. The van der Waals surface area contributed by atoms with Gasteiger partial charge in [0.1, 0.15) is 17.2 Å². The Morgan fingerprint density at radius 3 is 2.52 bits per heavy atom. The van der Waals surface area contributed by atoms with Crippen molar-refractivity contribution in [3.63, 3.8) is 0 Å². The standard InChI is InChI=1S/C18H29ClFN3O8/c1-2-3-4-5-6-7-8-13(20)23(30)17(28)14(25)12(10-24)31-18(17,29)22-9-11(19)15(26)21-16(22)27/h9,12-14,24-25,28-30H,2-8,10H2,1H3,(H,21,26,27)/t12-,13?,14-,17-,18-/m1/s1. The molecular weight excluding hydrogens is 441 g/mol. The van der Waals surface area contributed by atoms with Crippen LogP contribution in [-0.2, 0) is 10.6 Å². The summed E-state index contributed by atoms with van der Waals surface area (Å²) < 4.78 is 20.0. The SMILES string of the molecule is CCCCCCCCC(F)N(O)[C@@]1(O)[C@H](O)[C@@H](CO)O[C@@]1(O)n1cc(Cl)c(=O)[nH]c1=O. The van der Waals surface area contributed by atoms with E-state index < -0.39 is 53.0 Å². The highest BCUT2D eigenvalue weighted by molar-refractivity contribution is 6.30. The first-order chi connectivity index (χ1) is 14.5. The molecule has 0 saturated carbocycles. The predicted molar refractivity (Wildman–Crippen MR) is 106 cm³/mol. The number of aliphatic hydroxyl groups is 4. The lowest BCUT2D eigenvalue weighted by Gasteiger charge is -2.43. The van der Waals surface area contributed by atoms with Crippen LogP contribution in [0.1, 0.15) is 51.9 Å². The van der Waals surface area contributed by atoms with Gasteiger partial charge in [-0.25, -0.2) is 13.8 Å². The Hall–Kier alpha value is -1.38. The Morgan fingerprint density at radius 2 is 1.90 bits per heavy atom. The van der Waals surface area contributed by atoms with E-state index in [9.17, 15) is 39.6 Å². The van der Waals surface area contributed by atoms with E-state index in [1.54, 1.807) is 4.98 Å². The number of nitrogens with zero attached hydrogens (tertiary/aromatic N) is 2. The van der Waals surface area contributed by atoms with Crippen LogP contribution in [-0.4, -0.2) is 71.1 Å². The summed E-state index contributed by atoms with van der Waals surface area (Å²) in [6, 6.07) is 0. The highest BCUT2D eigenvalue weighted by atomic mass is 35.5. The average molecular weight is 470 g/mol. The summed E-state index contributed by atoms with van der Waals surface area (Å²) in [6.45, 7) is 1.10. The number of aromatic amines is 1. The molecule has 6 N–H and O–H groups in total.